The van der Waals surface area contributed by atoms with Gasteiger partial charge in [0.2, 0.25) is 5.91 Å². The molecule has 0 bridgehead atoms. The molecule has 0 radical (unpaired) electrons. The summed E-state index contributed by atoms with van der Waals surface area (Å²) < 4.78 is 5.80. The van der Waals surface area contributed by atoms with Gasteiger partial charge in [-0.25, -0.2) is 0 Å². The molecule has 0 aliphatic carbocycles. The van der Waals surface area contributed by atoms with E-state index in [2.05, 4.69) is 5.32 Å². The molecule has 19 heavy (non-hydrogen) atoms. The average molecular weight is 283 g/mol. The van der Waals surface area contributed by atoms with Crippen LogP contribution in [0.5, 0.6) is 5.75 Å². The van der Waals surface area contributed by atoms with Crippen LogP contribution in [0.15, 0.2) is 18.2 Å². The molecule has 2 unspecified atom stereocenters. The molecule has 0 spiro atoms. The summed E-state index contributed by atoms with van der Waals surface area (Å²) in [5.74, 6) is 0.709. The summed E-state index contributed by atoms with van der Waals surface area (Å²) in [5, 5.41) is 3.89. The van der Waals surface area contributed by atoms with Crippen molar-refractivity contribution in [2.24, 2.45) is 11.7 Å². The lowest BCUT2D eigenvalue weighted by Gasteiger charge is -2.21. The standard InChI is InChI=1S/C14H19ClN2O2/c1-8(2)13(14(16)18)17-7-11-6-9-5-10(15)3-4-12(9)19-11/h3-5,8,11,13,17H,6-7H2,1-2H3,(H2,16,18). The van der Waals surface area contributed by atoms with E-state index < -0.39 is 0 Å². The molecule has 0 fully saturated rings. The monoisotopic (exact) mass is 282 g/mol. The molecule has 2 rings (SSSR count). The molecule has 0 aromatic heterocycles. The molecule has 2 atom stereocenters. The molecular weight excluding hydrogens is 264 g/mol. The lowest BCUT2D eigenvalue weighted by molar-refractivity contribution is -0.121. The van der Waals surface area contributed by atoms with E-state index in [1.165, 1.54) is 0 Å². The Labute approximate surface area is 118 Å². The van der Waals surface area contributed by atoms with E-state index in [-0.39, 0.29) is 24.0 Å². The minimum Gasteiger partial charge on any atom is -0.488 e. The van der Waals surface area contributed by atoms with Crippen LogP contribution in [0.25, 0.3) is 0 Å². The molecule has 1 amide bonds. The summed E-state index contributed by atoms with van der Waals surface area (Å²) in [6.07, 6.45) is 0.820. The first-order valence-corrected chi connectivity index (χ1v) is 6.83. The van der Waals surface area contributed by atoms with Gasteiger partial charge in [0.25, 0.3) is 0 Å². The number of nitrogens with two attached hydrogens (primary N) is 1. The van der Waals surface area contributed by atoms with Crippen molar-refractivity contribution in [2.75, 3.05) is 6.54 Å². The highest BCUT2D eigenvalue weighted by Gasteiger charge is 2.26. The lowest BCUT2D eigenvalue weighted by Crippen LogP contribution is -2.48. The van der Waals surface area contributed by atoms with Gasteiger partial charge in [0.1, 0.15) is 11.9 Å². The van der Waals surface area contributed by atoms with Crippen molar-refractivity contribution in [3.8, 4) is 5.75 Å². The van der Waals surface area contributed by atoms with E-state index in [9.17, 15) is 4.79 Å². The normalized spacial score (nSPS) is 19.1. The molecule has 1 aromatic rings. The highest BCUT2D eigenvalue weighted by molar-refractivity contribution is 6.30. The van der Waals surface area contributed by atoms with Gasteiger partial charge in [-0.1, -0.05) is 25.4 Å². The first kappa shape index (κ1) is 14.2. The summed E-state index contributed by atoms with van der Waals surface area (Å²) in [6, 6.07) is 5.29. The minimum atomic E-state index is -0.325. The quantitative estimate of drug-likeness (QED) is 0.865. The van der Waals surface area contributed by atoms with Crippen LogP contribution in [0, 0.1) is 5.92 Å². The van der Waals surface area contributed by atoms with Gasteiger partial charge in [0, 0.05) is 18.0 Å². The molecule has 1 aromatic carbocycles. The minimum absolute atomic E-state index is 0.0223. The fourth-order valence-electron chi connectivity index (χ4n) is 2.33. The number of hydrogen-bond acceptors (Lipinski definition) is 3. The van der Waals surface area contributed by atoms with Gasteiger partial charge >= 0.3 is 0 Å². The van der Waals surface area contributed by atoms with E-state index in [0.717, 1.165) is 17.7 Å². The lowest BCUT2D eigenvalue weighted by atomic mass is 10.0. The van der Waals surface area contributed by atoms with Gasteiger partial charge in [-0.15, -0.1) is 0 Å². The van der Waals surface area contributed by atoms with Crippen LogP contribution < -0.4 is 15.8 Å². The first-order chi connectivity index (χ1) is 8.97. The molecule has 1 heterocycles. The van der Waals surface area contributed by atoms with Crippen LogP contribution in [0.3, 0.4) is 0 Å². The second kappa shape index (κ2) is 5.80. The van der Waals surface area contributed by atoms with Gasteiger partial charge in [-0.3, -0.25) is 4.79 Å². The predicted octanol–water partition coefficient (Wildman–Crippen LogP) is 1.74. The van der Waals surface area contributed by atoms with E-state index in [4.69, 9.17) is 22.1 Å². The maximum atomic E-state index is 11.3. The molecule has 5 heteroatoms. The van der Waals surface area contributed by atoms with E-state index >= 15 is 0 Å². The smallest absolute Gasteiger partial charge is 0.234 e. The zero-order valence-corrected chi connectivity index (χ0v) is 11.9. The van der Waals surface area contributed by atoms with Crippen LogP contribution in [0.2, 0.25) is 5.02 Å². The Hall–Kier alpha value is -1.26. The number of amides is 1. The summed E-state index contributed by atoms with van der Waals surface area (Å²) in [6.45, 7) is 4.52. The number of primary amides is 1. The van der Waals surface area contributed by atoms with Crippen molar-refractivity contribution in [1.29, 1.82) is 0 Å². The SMILES string of the molecule is CC(C)C(NCC1Cc2cc(Cl)ccc2O1)C(N)=O. The van der Waals surface area contributed by atoms with Gasteiger partial charge in [-0.05, 0) is 29.7 Å². The summed E-state index contributed by atoms with van der Waals surface area (Å²) >= 11 is 5.95. The number of ether oxygens (including phenoxy) is 1. The Balaban J connectivity index is 1.92. The first-order valence-electron chi connectivity index (χ1n) is 6.45. The van der Waals surface area contributed by atoms with Crippen molar-refractivity contribution < 1.29 is 9.53 Å². The van der Waals surface area contributed by atoms with Crippen molar-refractivity contribution in [1.82, 2.24) is 5.32 Å². The third-order valence-electron chi connectivity index (χ3n) is 3.30. The fourth-order valence-corrected chi connectivity index (χ4v) is 2.52. The maximum Gasteiger partial charge on any atom is 0.234 e. The van der Waals surface area contributed by atoms with Crippen molar-refractivity contribution in [2.45, 2.75) is 32.4 Å². The number of nitrogens with one attached hydrogen (secondary N) is 1. The summed E-state index contributed by atoms with van der Waals surface area (Å²) in [5.41, 5.74) is 6.48. The van der Waals surface area contributed by atoms with Crippen molar-refractivity contribution >= 4 is 17.5 Å². The molecule has 104 valence electrons. The number of carbonyl (C=O) groups excluding carboxylic acids is 1. The predicted molar refractivity (Wildman–Crippen MR) is 75.4 cm³/mol. The number of benzene rings is 1. The average Bonchev–Trinajstić information content (AvgIpc) is 2.70. The Bertz CT molecular complexity index is 477. The fraction of sp³-hybridized carbons (Fsp3) is 0.500. The highest BCUT2D eigenvalue weighted by Crippen LogP contribution is 2.30. The molecule has 3 N–H and O–H groups in total. The van der Waals surface area contributed by atoms with Gasteiger partial charge in [0.15, 0.2) is 0 Å². The number of rotatable bonds is 5. The van der Waals surface area contributed by atoms with E-state index in [0.29, 0.717) is 11.6 Å². The van der Waals surface area contributed by atoms with Crippen LogP contribution in [-0.4, -0.2) is 24.6 Å². The third-order valence-corrected chi connectivity index (χ3v) is 3.54. The molecular formula is C14H19ClN2O2. The van der Waals surface area contributed by atoms with E-state index in [1.54, 1.807) is 0 Å². The molecule has 4 nitrogen and oxygen atoms in total. The van der Waals surface area contributed by atoms with Gasteiger partial charge in [-0.2, -0.15) is 0 Å². The number of carbonyl (C=O) groups is 1. The van der Waals surface area contributed by atoms with Crippen molar-refractivity contribution in [3.63, 3.8) is 0 Å². The zero-order chi connectivity index (χ0) is 14.0. The Morgan fingerprint density at radius 1 is 1.58 bits per heavy atom. The third kappa shape index (κ3) is 3.39. The largest absolute Gasteiger partial charge is 0.488 e. The second-order valence-electron chi connectivity index (χ2n) is 5.23. The van der Waals surface area contributed by atoms with Crippen LogP contribution in [0.4, 0.5) is 0 Å². The Morgan fingerprint density at radius 3 is 2.95 bits per heavy atom. The Morgan fingerprint density at radius 2 is 2.32 bits per heavy atom. The molecule has 0 saturated carbocycles. The van der Waals surface area contributed by atoms with Crippen LogP contribution >= 0.6 is 11.6 Å². The van der Waals surface area contributed by atoms with Gasteiger partial charge < -0.3 is 15.8 Å². The zero-order valence-electron chi connectivity index (χ0n) is 11.2. The second-order valence-corrected chi connectivity index (χ2v) is 5.66. The summed E-state index contributed by atoms with van der Waals surface area (Å²) in [4.78, 5) is 11.3. The Kier molecular flexibility index (Phi) is 4.32. The topological polar surface area (TPSA) is 64.3 Å². The molecule has 1 aliphatic heterocycles. The van der Waals surface area contributed by atoms with Crippen LogP contribution in [0.1, 0.15) is 19.4 Å². The van der Waals surface area contributed by atoms with E-state index in [1.807, 2.05) is 32.0 Å². The molecule has 1 aliphatic rings. The number of hydrogen-bond donors (Lipinski definition) is 2. The highest BCUT2D eigenvalue weighted by atomic mass is 35.5. The van der Waals surface area contributed by atoms with Crippen LogP contribution in [-0.2, 0) is 11.2 Å². The van der Waals surface area contributed by atoms with Gasteiger partial charge in [0.05, 0.1) is 6.04 Å². The number of fused-ring (bicyclic) bond motifs is 1. The molecule has 0 saturated heterocycles. The maximum absolute atomic E-state index is 11.3. The number of halogens is 1. The van der Waals surface area contributed by atoms with Crippen molar-refractivity contribution in [3.05, 3.63) is 28.8 Å². The summed E-state index contributed by atoms with van der Waals surface area (Å²) in [7, 11) is 0.